The standard InChI is InChI=1S/C19H26ClN3O3/c1-4-21-18(23-13-19(2,24)17-6-5-11-26-17)22-10-9-14-7-8-15(25-3)12-16(14)20/h5-8,11-12,24H,4,9-10,13H2,1-3H3,(H2,21,22,23). The van der Waals surface area contributed by atoms with Gasteiger partial charge in [-0.05, 0) is 50.1 Å². The molecule has 1 unspecified atom stereocenters. The van der Waals surface area contributed by atoms with Gasteiger partial charge in [0, 0.05) is 18.1 Å². The highest BCUT2D eigenvalue weighted by molar-refractivity contribution is 6.31. The lowest BCUT2D eigenvalue weighted by Gasteiger charge is -2.19. The summed E-state index contributed by atoms with van der Waals surface area (Å²) in [4.78, 5) is 4.45. The van der Waals surface area contributed by atoms with E-state index in [4.69, 9.17) is 20.8 Å². The molecule has 1 heterocycles. The van der Waals surface area contributed by atoms with Crippen LogP contribution in [0.25, 0.3) is 0 Å². The molecule has 1 aromatic carbocycles. The number of nitrogens with one attached hydrogen (secondary N) is 2. The minimum absolute atomic E-state index is 0.180. The van der Waals surface area contributed by atoms with Crippen LogP contribution in [0.4, 0.5) is 0 Å². The number of nitrogens with zero attached hydrogens (tertiary/aromatic N) is 1. The quantitative estimate of drug-likeness (QED) is 0.485. The molecule has 0 saturated heterocycles. The second kappa shape index (κ2) is 9.50. The normalized spacial score (nSPS) is 14.0. The molecule has 0 aliphatic rings. The summed E-state index contributed by atoms with van der Waals surface area (Å²) < 4.78 is 10.4. The largest absolute Gasteiger partial charge is 0.497 e. The average molecular weight is 380 g/mol. The van der Waals surface area contributed by atoms with Gasteiger partial charge in [-0.25, -0.2) is 4.99 Å². The minimum Gasteiger partial charge on any atom is -0.497 e. The van der Waals surface area contributed by atoms with Crippen molar-refractivity contribution in [1.82, 2.24) is 10.6 Å². The van der Waals surface area contributed by atoms with Crippen LogP contribution in [0.2, 0.25) is 5.02 Å². The van der Waals surface area contributed by atoms with Crippen molar-refractivity contribution in [2.75, 3.05) is 26.7 Å². The van der Waals surface area contributed by atoms with Gasteiger partial charge in [-0.2, -0.15) is 0 Å². The summed E-state index contributed by atoms with van der Waals surface area (Å²) >= 11 is 6.27. The molecule has 0 amide bonds. The molecule has 0 radical (unpaired) electrons. The molecule has 0 bridgehead atoms. The highest BCUT2D eigenvalue weighted by Crippen LogP contribution is 2.23. The van der Waals surface area contributed by atoms with Crippen molar-refractivity contribution in [2.24, 2.45) is 4.99 Å². The van der Waals surface area contributed by atoms with Crippen molar-refractivity contribution >= 4 is 17.6 Å². The van der Waals surface area contributed by atoms with Crippen LogP contribution < -0.4 is 15.4 Å². The van der Waals surface area contributed by atoms with E-state index in [1.165, 1.54) is 6.26 Å². The third kappa shape index (κ3) is 5.68. The molecule has 0 saturated carbocycles. The van der Waals surface area contributed by atoms with E-state index in [2.05, 4.69) is 15.6 Å². The fraction of sp³-hybridized carbons (Fsp3) is 0.421. The Kier molecular flexibility index (Phi) is 7.36. The maximum atomic E-state index is 10.5. The smallest absolute Gasteiger partial charge is 0.191 e. The molecule has 142 valence electrons. The van der Waals surface area contributed by atoms with Gasteiger partial charge < -0.3 is 24.9 Å². The van der Waals surface area contributed by atoms with E-state index in [0.717, 1.165) is 24.3 Å². The van der Waals surface area contributed by atoms with Gasteiger partial charge in [-0.15, -0.1) is 0 Å². The van der Waals surface area contributed by atoms with Crippen LogP contribution in [0.1, 0.15) is 25.2 Å². The summed E-state index contributed by atoms with van der Waals surface area (Å²) in [5, 5.41) is 17.6. The van der Waals surface area contributed by atoms with Crippen LogP contribution in [-0.4, -0.2) is 37.8 Å². The van der Waals surface area contributed by atoms with Crippen molar-refractivity contribution in [2.45, 2.75) is 25.9 Å². The Hall–Kier alpha value is -2.18. The van der Waals surface area contributed by atoms with Crippen LogP contribution in [0.15, 0.2) is 46.0 Å². The lowest BCUT2D eigenvalue weighted by molar-refractivity contribution is 0.0437. The molecule has 0 fully saturated rings. The van der Waals surface area contributed by atoms with Crippen LogP contribution in [-0.2, 0) is 12.0 Å². The highest BCUT2D eigenvalue weighted by atomic mass is 35.5. The zero-order chi connectivity index (χ0) is 19.0. The second-order valence-corrected chi connectivity index (χ2v) is 6.49. The first-order valence-electron chi connectivity index (χ1n) is 8.57. The van der Waals surface area contributed by atoms with E-state index in [1.807, 2.05) is 19.1 Å². The molecule has 3 N–H and O–H groups in total. The average Bonchev–Trinajstić information content (AvgIpc) is 3.16. The van der Waals surface area contributed by atoms with Crippen molar-refractivity contribution in [3.05, 3.63) is 52.9 Å². The molecule has 0 spiro atoms. The van der Waals surface area contributed by atoms with Crippen molar-refractivity contribution in [1.29, 1.82) is 0 Å². The third-order valence-corrected chi connectivity index (χ3v) is 4.24. The lowest BCUT2D eigenvalue weighted by atomic mass is 10.0. The predicted molar refractivity (Wildman–Crippen MR) is 104 cm³/mol. The molecular formula is C19H26ClN3O3. The number of hydrogen-bond acceptors (Lipinski definition) is 4. The number of methoxy groups -OCH3 is 1. The third-order valence-electron chi connectivity index (χ3n) is 3.89. The Balaban J connectivity index is 1.93. The number of benzene rings is 1. The first-order chi connectivity index (χ1) is 12.5. The minimum atomic E-state index is -1.16. The molecule has 7 heteroatoms. The first-order valence-corrected chi connectivity index (χ1v) is 8.95. The molecule has 6 nitrogen and oxygen atoms in total. The van der Waals surface area contributed by atoms with E-state index in [1.54, 1.807) is 32.2 Å². The van der Waals surface area contributed by atoms with Crippen molar-refractivity contribution in [3.8, 4) is 5.75 Å². The van der Waals surface area contributed by atoms with Gasteiger partial charge in [0.05, 0.1) is 19.9 Å². The van der Waals surface area contributed by atoms with Crippen LogP contribution >= 0.6 is 11.6 Å². The predicted octanol–water partition coefficient (Wildman–Crippen LogP) is 2.95. The molecule has 1 atom stereocenters. The molecular weight excluding hydrogens is 354 g/mol. The van der Waals surface area contributed by atoms with Gasteiger partial charge in [-0.1, -0.05) is 17.7 Å². The highest BCUT2D eigenvalue weighted by Gasteiger charge is 2.26. The van der Waals surface area contributed by atoms with Crippen LogP contribution in [0.5, 0.6) is 5.75 Å². The Labute approximate surface area is 159 Å². The number of guanidine groups is 1. The summed E-state index contributed by atoms with van der Waals surface area (Å²) in [5.41, 5.74) is -0.135. The summed E-state index contributed by atoms with van der Waals surface area (Å²) in [6, 6.07) is 9.13. The second-order valence-electron chi connectivity index (χ2n) is 6.08. The number of hydrogen-bond donors (Lipinski definition) is 3. The Bertz CT molecular complexity index is 715. The van der Waals surface area contributed by atoms with Gasteiger partial charge in [0.25, 0.3) is 0 Å². The van der Waals surface area contributed by atoms with E-state index >= 15 is 0 Å². The van der Waals surface area contributed by atoms with Gasteiger partial charge in [-0.3, -0.25) is 0 Å². The Morgan fingerprint density at radius 3 is 2.77 bits per heavy atom. The number of halogens is 1. The van der Waals surface area contributed by atoms with Crippen LogP contribution in [0.3, 0.4) is 0 Å². The van der Waals surface area contributed by atoms with E-state index in [0.29, 0.717) is 23.3 Å². The maximum absolute atomic E-state index is 10.5. The number of aliphatic hydroxyl groups is 1. The summed E-state index contributed by atoms with van der Waals surface area (Å²) in [7, 11) is 1.61. The van der Waals surface area contributed by atoms with Gasteiger partial charge in [0.2, 0.25) is 0 Å². The van der Waals surface area contributed by atoms with E-state index in [-0.39, 0.29) is 6.54 Å². The Morgan fingerprint density at radius 1 is 1.35 bits per heavy atom. The number of aliphatic imine (C=N–C) groups is 1. The summed E-state index contributed by atoms with van der Waals surface area (Å²) in [5.74, 6) is 1.85. The zero-order valence-electron chi connectivity index (χ0n) is 15.4. The summed E-state index contributed by atoms with van der Waals surface area (Å²) in [6.45, 7) is 5.22. The topological polar surface area (TPSA) is 79.0 Å². The molecule has 26 heavy (non-hydrogen) atoms. The lowest BCUT2D eigenvalue weighted by Crippen LogP contribution is -2.39. The Morgan fingerprint density at radius 2 is 2.15 bits per heavy atom. The van der Waals surface area contributed by atoms with Gasteiger partial charge >= 0.3 is 0 Å². The number of furan rings is 1. The number of rotatable bonds is 8. The molecule has 0 aliphatic heterocycles. The SMILES string of the molecule is CCNC(=NCC(C)(O)c1ccco1)NCCc1ccc(OC)cc1Cl. The maximum Gasteiger partial charge on any atom is 0.191 e. The molecule has 2 rings (SSSR count). The van der Waals surface area contributed by atoms with Crippen molar-refractivity contribution < 1.29 is 14.3 Å². The first kappa shape index (κ1) is 20.1. The van der Waals surface area contributed by atoms with Crippen molar-refractivity contribution in [3.63, 3.8) is 0 Å². The summed E-state index contributed by atoms with van der Waals surface area (Å²) in [6.07, 6.45) is 2.28. The molecule has 0 aliphatic carbocycles. The molecule has 1 aromatic heterocycles. The van der Waals surface area contributed by atoms with E-state index in [9.17, 15) is 5.11 Å². The van der Waals surface area contributed by atoms with Crippen LogP contribution in [0, 0.1) is 0 Å². The molecule has 2 aromatic rings. The van der Waals surface area contributed by atoms with E-state index < -0.39 is 5.60 Å². The number of ether oxygens (including phenoxy) is 1. The van der Waals surface area contributed by atoms with Gasteiger partial charge in [0.15, 0.2) is 5.96 Å². The zero-order valence-corrected chi connectivity index (χ0v) is 16.1. The van der Waals surface area contributed by atoms with Gasteiger partial charge in [0.1, 0.15) is 17.1 Å². The monoisotopic (exact) mass is 379 g/mol. The fourth-order valence-electron chi connectivity index (χ4n) is 2.41. The fourth-order valence-corrected chi connectivity index (χ4v) is 2.68.